The SMILES string of the molecule is COc1ccc(CC(=O)NC(N)=N[C@H](CC(C)C)C(=O)O)cc1OC.NCc1ccc(-c2nn[nH]n2)c(F)c1. The van der Waals surface area contributed by atoms with Gasteiger partial charge in [0.05, 0.1) is 26.2 Å². The van der Waals surface area contributed by atoms with Gasteiger partial charge in [0.15, 0.2) is 23.5 Å². The lowest BCUT2D eigenvalue weighted by molar-refractivity contribution is -0.138. The van der Waals surface area contributed by atoms with E-state index in [0.717, 1.165) is 5.56 Å². The number of carbonyl (C=O) groups excluding carboxylic acids is 1. The first-order valence-corrected chi connectivity index (χ1v) is 11.9. The number of aliphatic carboxylic acids is 1. The van der Waals surface area contributed by atoms with Crippen molar-refractivity contribution in [1.29, 1.82) is 0 Å². The van der Waals surface area contributed by atoms with Crippen molar-refractivity contribution in [2.75, 3.05) is 14.2 Å². The average molecular weight is 545 g/mol. The predicted octanol–water partition coefficient (Wildman–Crippen LogP) is 1.64. The number of aliphatic imine (C=N–C) groups is 1. The summed E-state index contributed by atoms with van der Waals surface area (Å²) in [4.78, 5) is 27.1. The van der Waals surface area contributed by atoms with Crippen LogP contribution in [0.1, 0.15) is 31.4 Å². The number of methoxy groups -OCH3 is 2. The van der Waals surface area contributed by atoms with E-state index in [2.05, 4.69) is 30.9 Å². The molecule has 0 aliphatic rings. The van der Waals surface area contributed by atoms with Crippen molar-refractivity contribution in [3.05, 3.63) is 53.3 Å². The predicted molar refractivity (Wildman–Crippen MR) is 141 cm³/mol. The number of hydrogen-bond donors (Lipinski definition) is 5. The number of H-pyrrole nitrogens is 1. The molecule has 0 aliphatic heterocycles. The van der Waals surface area contributed by atoms with Crippen LogP contribution in [0, 0.1) is 11.7 Å². The second-order valence-corrected chi connectivity index (χ2v) is 8.67. The lowest BCUT2D eigenvalue weighted by Crippen LogP contribution is -2.39. The molecular formula is C25H33FN8O5. The third-order valence-corrected chi connectivity index (χ3v) is 5.21. The molecule has 3 aromatic rings. The van der Waals surface area contributed by atoms with E-state index in [1.54, 1.807) is 30.3 Å². The molecule has 7 N–H and O–H groups in total. The molecule has 39 heavy (non-hydrogen) atoms. The minimum absolute atomic E-state index is 0.0402. The highest BCUT2D eigenvalue weighted by Gasteiger charge is 2.19. The Morgan fingerprint density at radius 3 is 2.36 bits per heavy atom. The standard InChI is InChI=1S/C17H25N3O5.C8H8FN5/c1-10(2)7-12(16(22)23)19-17(18)20-15(21)9-11-5-6-13(24-3)14(8-11)25-4;9-7-3-5(4-10)1-2-6(7)8-11-13-14-12-8/h5-6,8,10,12H,7,9H2,1-4H3,(H,22,23)(H3,18,19,20,21);1-3H,4,10H2,(H,11,12,13,14)/t12-;/m1./s1. The molecule has 3 rings (SSSR count). The van der Waals surface area contributed by atoms with Gasteiger partial charge in [0.1, 0.15) is 5.82 Å². The number of carbonyl (C=O) groups is 2. The van der Waals surface area contributed by atoms with Gasteiger partial charge in [0.2, 0.25) is 11.7 Å². The van der Waals surface area contributed by atoms with Crippen LogP contribution in [-0.4, -0.2) is 63.8 Å². The van der Waals surface area contributed by atoms with E-state index >= 15 is 0 Å². The number of ether oxygens (including phenoxy) is 2. The Morgan fingerprint density at radius 2 is 1.82 bits per heavy atom. The maximum Gasteiger partial charge on any atom is 0.328 e. The van der Waals surface area contributed by atoms with Gasteiger partial charge in [0.25, 0.3) is 0 Å². The molecule has 0 saturated heterocycles. The molecule has 0 saturated carbocycles. The highest BCUT2D eigenvalue weighted by molar-refractivity contribution is 5.97. The second-order valence-electron chi connectivity index (χ2n) is 8.67. The van der Waals surface area contributed by atoms with E-state index in [9.17, 15) is 14.0 Å². The van der Waals surface area contributed by atoms with Gasteiger partial charge in [0, 0.05) is 6.54 Å². The lowest BCUT2D eigenvalue weighted by atomic mass is 10.0. The number of benzene rings is 2. The summed E-state index contributed by atoms with van der Waals surface area (Å²) in [5.41, 5.74) is 12.8. The van der Waals surface area contributed by atoms with Gasteiger partial charge in [-0.15, -0.1) is 10.2 Å². The maximum absolute atomic E-state index is 13.4. The number of rotatable bonds is 10. The molecule has 0 bridgehead atoms. The molecule has 1 amide bonds. The molecule has 0 aliphatic carbocycles. The number of hydrogen-bond acceptors (Lipinski definition) is 9. The number of tetrazole rings is 1. The van der Waals surface area contributed by atoms with Crippen molar-refractivity contribution >= 4 is 17.8 Å². The monoisotopic (exact) mass is 544 g/mol. The van der Waals surface area contributed by atoms with E-state index in [0.29, 0.717) is 35.6 Å². The zero-order valence-electron chi connectivity index (χ0n) is 22.1. The first-order valence-electron chi connectivity index (χ1n) is 11.9. The minimum atomic E-state index is -1.08. The first kappa shape index (κ1) is 30.6. The van der Waals surface area contributed by atoms with Crippen LogP contribution < -0.4 is 26.3 Å². The van der Waals surface area contributed by atoms with Crippen molar-refractivity contribution in [2.45, 2.75) is 39.3 Å². The van der Waals surface area contributed by atoms with E-state index in [4.69, 9.17) is 26.0 Å². The highest BCUT2D eigenvalue weighted by atomic mass is 19.1. The maximum atomic E-state index is 13.4. The molecule has 0 radical (unpaired) electrons. The molecule has 2 aromatic carbocycles. The first-order chi connectivity index (χ1) is 18.6. The summed E-state index contributed by atoms with van der Waals surface area (Å²) < 4.78 is 23.7. The molecule has 0 spiro atoms. The number of nitrogens with zero attached hydrogens (tertiary/aromatic N) is 4. The van der Waals surface area contributed by atoms with Crippen LogP contribution in [0.5, 0.6) is 11.5 Å². The number of nitrogens with two attached hydrogens (primary N) is 2. The molecule has 1 heterocycles. The minimum Gasteiger partial charge on any atom is -0.493 e. The number of carboxylic acid groups (broad SMARTS) is 1. The summed E-state index contributed by atoms with van der Waals surface area (Å²) in [7, 11) is 3.03. The van der Waals surface area contributed by atoms with E-state index in [1.807, 2.05) is 13.8 Å². The van der Waals surface area contributed by atoms with Crippen molar-refractivity contribution in [3.8, 4) is 22.9 Å². The van der Waals surface area contributed by atoms with Gasteiger partial charge in [-0.3, -0.25) is 10.1 Å². The average Bonchev–Trinajstić information content (AvgIpc) is 3.42. The summed E-state index contributed by atoms with van der Waals surface area (Å²) in [6, 6.07) is 8.81. The fourth-order valence-corrected chi connectivity index (χ4v) is 3.36. The van der Waals surface area contributed by atoms with E-state index < -0.39 is 23.7 Å². The number of aromatic nitrogens is 4. The number of aromatic amines is 1. The molecule has 210 valence electrons. The van der Waals surface area contributed by atoms with Gasteiger partial charge >= 0.3 is 5.97 Å². The van der Waals surface area contributed by atoms with Crippen molar-refractivity contribution < 1.29 is 28.6 Å². The number of amides is 1. The zero-order valence-corrected chi connectivity index (χ0v) is 22.1. The fraction of sp³-hybridized carbons (Fsp3) is 0.360. The number of halogens is 1. The zero-order chi connectivity index (χ0) is 28.9. The summed E-state index contributed by atoms with van der Waals surface area (Å²) in [6.45, 7) is 4.08. The highest BCUT2D eigenvalue weighted by Crippen LogP contribution is 2.27. The normalized spacial score (nSPS) is 11.8. The lowest BCUT2D eigenvalue weighted by Gasteiger charge is -2.12. The van der Waals surface area contributed by atoms with Crippen LogP contribution in [0.4, 0.5) is 4.39 Å². The molecule has 14 heteroatoms. The van der Waals surface area contributed by atoms with Gasteiger partial charge < -0.3 is 26.0 Å². The molecule has 0 fully saturated rings. The van der Waals surface area contributed by atoms with Crippen molar-refractivity contribution in [2.24, 2.45) is 22.4 Å². The Balaban J connectivity index is 0.000000318. The molecule has 0 unspecified atom stereocenters. The van der Waals surface area contributed by atoms with Gasteiger partial charge in [-0.2, -0.15) is 5.21 Å². The van der Waals surface area contributed by atoms with Crippen LogP contribution in [0.25, 0.3) is 11.4 Å². The largest absolute Gasteiger partial charge is 0.493 e. The third-order valence-electron chi connectivity index (χ3n) is 5.21. The number of guanidine groups is 1. The summed E-state index contributed by atoms with van der Waals surface area (Å²) >= 11 is 0. The summed E-state index contributed by atoms with van der Waals surface area (Å²) in [6.07, 6.45) is 0.375. The molecule has 1 aromatic heterocycles. The topological polar surface area (TPSA) is 204 Å². The Kier molecular flexibility index (Phi) is 11.8. The van der Waals surface area contributed by atoms with Crippen molar-refractivity contribution in [1.82, 2.24) is 25.9 Å². The smallest absolute Gasteiger partial charge is 0.328 e. The van der Waals surface area contributed by atoms with Gasteiger partial charge in [-0.1, -0.05) is 26.0 Å². The van der Waals surface area contributed by atoms with E-state index in [1.165, 1.54) is 20.3 Å². The molecule has 13 nitrogen and oxygen atoms in total. The van der Waals surface area contributed by atoms with Crippen molar-refractivity contribution in [3.63, 3.8) is 0 Å². The Hall–Kier alpha value is -4.59. The second kappa shape index (κ2) is 15.0. The van der Waals surface area contributed by atoms with Crippen LogP contribution in [0.15, 0.2) is 41.4 Å². The van der Waals surface area contributed by atoms with Crippen LogP contribution in [-0.2, 0) is 22.6 Å². The Morgan fingerprint density at radius 1 is 1.13 bits per heavy atom. The van der Waals surface area contributed by atoms with Gasteiger partial charge in [-0.05, 0) is 52.9 Å². The molecular weight excluding hydrogens is 511 g/mol. The van der Waals surface area contributed by atoms with Crippen LogP contribution in [0.3, 0.4) is 0 Å². The fourth-order valence-electron chi connectivity index (χ4n) is 3.36. The van der Waals surface area contributed by atoms with Crippen LogP contribution in [0.2, 0.25) is 0 Å². The Bertz CT molecular complexity index is 1270. The number of nitrogens with one attached hydrogen (secondary N) is 2. The quantitative estimate of drug-likeness (QED) is 0.184. The Labute approximate surface area is 224 Å². The summed E-state index contributed by atoms with van der Waals surface area (Å²) in [5.74, 6) is -0.630. The molecule has 1 atom stereocenters. The third kappa shape index (κ3) is 9.66. The number of carboxylic acids is 1. The summed E-state index contributed by atoms with van der Waals surface area (Å²) in [5, 5.41) is 24.5. The van der Waals surface area contributed by atoms with Crippen LogP contribution >= 0.6 is 0 Å². The van der Waals surface area contributed by atoms with Gasteiger partial charge in [-0.25, -0.2) is 14.2 Å². The van der Waals surface area contributed by atoms with E-state index in [-0.39, 0.29) is 24.1 Å².